The van der Waals surface area contributed by atoms with Crippen molar-refractivity contribution in [3.8, 4) is 0 Å². The van der Waals surface area contributed by atoms with Crippen LogP contribution in [-0.4, -0.2) is 12.0 Å². The highest BCUT2D eigenvalue weighted by molar-refractivity contribution is 7.98. The highest BCUT2D eigenvalue weighted by Gasteiger charge is 2.12. The Morgan fingerprint density at radius 1 is 1.00 bits per heavy atom. The van der Waals surface area contributed by atoms with Crippen LogP contribution >= 0.6 is 11.8 Å². The van der Waals surface area contributed by atoms with Gasteiger partial charge >= 0.3 is 0 Å². The summed E-state index contributed by atoms with van der Waals surface area (Å²) in [6.45, 7) is 2.02. The van der Waals surface area contributed by atoms with Crippen molar-refractivity contribution in [3.05, 3.63) is 65.2 Å². The van der Waals surface area contributed by atoms with Crippen LogP contribution in [0.4, 0.5) is 0 Å². The standard InChI is InChI=1S/C15H14OS/c1-11-7-9-12(10-8-11)15(16)13-5-3-4-6-14(13)17-2/h3-10H,1-2H3. The van der Waals surface area contributed by atoms with Crippen LogP contribution in [0.25, 0.3) is 0 Å². The molecule has 2 heteroatoms. The Balaban J connectivity index is 2.40. The Bertz CT molecular complexity index is 529. The van der Waals surface area contributed by atoms with Gasteiger partial charge in [0.1, 0.15) is 0 Å². The monoisotopic (exact) mass is 242 g/mol. The molecule has 0 spiro atoms. The average molecular weight is 242 g/mol. The Kier molecular flexibility index (Phi) is 3.64. The van der Waals surface area contributed by atoms with E-state index in [9.17, 15) is 4.79 Å². The molecule has 0 atom stereocenters. The first-order chi connectivity index (χ1) is 8.22. The fraction of sp³-hybridized carbons (Fsp3) is 0.133. The molecule has 0 N–H and O–H groups in total. The van der Waals surface area contributed by atoms with Gasteiger partial charge in [-0.2, -0.15) is 0 Å². The molecule has 0 aromatic heterocycles. The van der Waals surface area contributed by atoms with Gasteiger partial charge in [0.05, 0.1) is 0 Å². The number of thioether (sulfide) groups is 1. The summed E-state index contributed by atoms with van der Waals surface area (Å²) in [6, 6.07) is 15.4. The largest absolute Gasteiger partial charge is 0.289 e. The second-order valence-electron chi connectivity index (χ2n) is 3.90. The van der Waals surface area contributed by atoms with Crippen LogP contribution in [0.2, 0.25) is 0 Å². The van der Waals surface area contributed by atoms with E-state index in [1.807, 2.05) is 61.7 Å². The van der Waals surface area contributed by atoms with Gasteiger partial charge in [0.25, 0.3) is 0 Å². The minimum Gasteiger partial charge on any atom is -0.289 e. The normalized spacial score (nSPS) is 10.2. The van der Waals surface area contributed by atoms with Crippen LogP contribution < -0.4 is 0 Å². The quantitative estimate of drug-likeness (QED) is 0.599. The molecule has 0 aliphatic rings. The maximum atomic E-state index is 12.3. The molecule has 86 valence electrons. The predicted octanol–water partition coefficient (Wildman–Crippen LogP) is 3.95. The smallest absolute Gasteiger partial charge is 0.194 e. The SMILES string of the molecule is CSc1ccccc1C(=O)c1ccc(C)cc1. The molecular weight excluding hydrogens is 228 g/mol. The Morgan fingerprint density at radius 3 is 2.29 bits per heavy atom. The highest BCUT2D eigenvalue weighted by Crippen LogP contribution is 2.22. The molecule has 0 saturated heterocycles. The van der Waals surface area contributed by atoms with E-state index in [-0.39, 0.29) is 5.78 Å². The van der Waals surface area contributed by atoms with E-state index in [1.165, 1.54) is 5.56 Å². The van der Waals surface area contributed by atoms with E-state index >= 15 is 0 Å². The molecule has 1 nitrogen and oxygen atoms in total. The van der Waals surface area contributed by atoms with Gasteiger partial charge in [-0.05, 0) is 25.3 Å². The third-order valence-corrected chi connectivity index (χ3v) is 3.46. The number of hydrogen-bond acceptors (Lipinski definition) is 2. The molecular formula is C15H14OS. The van der Waals surface area contributed by atoms with Crippen LogP contribution in [-0.2, 0) is 0 Å². The minimum absolute atomic E-state index is 0.0925. The third-order valence-electron chi connectivity index (χ3n) is 2.67. The number of rotatable bonds is 3. The molecule has 2 rings (SSSR count). The van der Waals surface area contributed by atoms with Crippen LogP contribution in [0.3, 0.4) is 0 Å². The van der Waals surface area contributed by atoms with Crippen LogP contribution in [0.15, 0.2) is 53.4 Å². The molecule has 2 aromatic carbocycles. The van der Waals surface area contributed by atoms with E-state index in [4.69, 9.17) is 0 Å². The summed E-state index contributed by atoms with van der Waals surface area (Å²) < 4.78 is 0. The van der Waals surface area contributed by atoms with Gasteiger partial charge in [-0.1, -0.05) is 42.0 Å². The molecule has 2 aromatic rings. The summed E-state index contributed by atoms with van der Waals surface area (Å²) in [4.78, 5) is 13.3. The van der Waals surface area contributed by atoms with Crippen molar-refractivity contribution in [1.29, 1.82) is 0 Å². The van der Waals surface area contributed by atoms with E-state index in [1.54, 1.807) is 11.8 Å². The molecule has 0 heterocycles. The molecule has 0 radical (unpaired) electrons. The minimum atomic E-state index is 0.0925. The highest BCUT2D eigenvalue weighted by atomic mass is 32.2. The van der Waals surface area contributed by atoms with Crippen molar-refractivity contribution < 1.29 is 4.79 Å². The first kappa shape index (κ1) is 11.9. The summed E-state index contributed by atoms with van der Waals surface area (Å²) in [6.07, 6.45) is 1.99. The lowest BCUT2D eigenvalue weighted by Crippen LogP contribution is -2.02. The second-order valence-corrected chi connectivity index (χ2v) is 4.74. The zero-order valence-electron chi connectivity index (χ0n) is 9.94. The van der Waals surface area contributed by atoms with Crippen molar-refractivity contribution in [3.63, 3.8) is 0 Å². The van der Waals surface area contributed by atoms with Crippen molar-refractivity contribution in [2.75, 3.05) is 6.26 Å². The van der Waals surface area contributed by atoms with E-state index in [2.05, 4.69) is 0 Å². The molecule has 0 unspecified atom stereocenters. The number of benzene rings is 2. The van der Waals surface area contributed by atoms with Gasteiger partial charge in [-0.25, -0.2) is 0 Å². The number of hydrogen-bond donors (Lipinski definition) is 0. The van der Waals surface area contributed by atoms with Crippen LogP contribution in [0.5, 0.6) is 0 Å². The maximum absolute atomic E-state index is 12.3. The average Bonchev–Trinajstić information content (AvgIpc) is 2.39. The summed E-state index contributed by atoms with van der Waals surface area (Å²) in [5.41, 5.74) is 2.70. The van der Waals surface area contributed by atoms with Gasteiger partial charge in [-0.3, -0.25) is 4.79 Å². The van der Waals surface area contributed by atoms with Crippen molar-refractivity contribution in [2.24, 2.45) is 0 Å². The Morgan fingerprint density at radius 2 is 1.65 bits per heavy atom. The third kappa shape index (κ3) is 2.59. The van der Waals surface area contributed by atoms with Gasteiger partial charge < -0.3 is 0 Å². The summed E-state index contributed by atoms with van der Waals surface area (Å²) in [5.74, 6) is 0.0925. The molecule has 0 aliphatic carbocycles. The maximum Gasteiger partial charge on any atom is 0.194 e. The second kappa shape index (κ2) is 5.19. The summed E-state index contributed by atoms with van der Waals surface area (Å²) >= 11 is 1.60. The van der Waals surface area contributed by atoms with Crippen molar-refractivity contribution in [1.82, 2.24) is 0 Å². The van der Waals surface area contributed by atoms with Gasteiger partial charge in [0.15, 0.2) is 5.78 Å². The molecule has 17 heavy (non-hydrogen) atoms. The van der Waals surface area contributed by atoms with E-state index < -0.39 is 0 Å². The lowest BCUT2D eigenvalue weighted by Gasteiger charge is -2.06. The lowest BCUT2D eigenvalue weighted by molar-refractivity contribution is 0.103. The van der Waals surface area contributed by atoms with Crippen LogP contribution in [0.1, 0.15) is 21.5 Å². The number of ketones is 1. The zero-order chi connectivity index (χ0) is 12.3. The first-order valence-electron chi connectivity index (χ1n) is 5.47. The number of carbonyl (C=O) groups excluding carboxylic acids is 1. The first-order valence-corrected chi connectivity index (χ1v) is 6.69. The fourth-order valence-electron chi connectivity index (χ4n) is 1.69. The van der Waals surface area contributed by atoms with Crippen molar-refractivity contribution in [2.45, 2.75) is 11.8 Å². The van der Waals surface area contributed by atoms with Crippen LogP contribution in [0, 0.1) is 6.92 Å². The number of carbonyl (C=O) groups is 1. The molecule has 0 amide bonds. The molecule has 0 saturated carbocycles. The topological polar surface area (TPSA) is 17.1 Å². The Hall–Kier alpha value is -1.54. The van der Waals surface area contributed by atoms with Crippen molar-refractivity contribution >= 4 is 17.5 Å². The lowest BCUT2D eigenvalue weighted by atomic mass is 10.0. The van der Waals surface area contributed by atoms with E-state index in [0.29, 0.717) is 0 Å². The molecule has 0 fully saturated rings. The summed E-state index contributed by atoms with van der Waals surface area (Å²) in [7, 11) is 0. The predicted molar refractivity (Wildman–Crippen MR) is 72.8 cm³/mol. The van der Waals surface area contributed by atoms with Gasteiger partial charge in [0, 0.05) is 16.0 Å². The van der Waals surface area contributed by atoms with E-state index in [0.717, 1.165) is 16.0 Å². The number of aryl methyl sites for hydroxylation is 1. The van der Waals surface area contributed by atoms with Gasteiger partial charge in [0.2, 0.25) is 0 Å². The molecule has 0 bridgehead atoms. The Labute approximate surface area is 106 Å². The molecule has 0 aliphatic heterocycles. The fourth-order valence-corrected chi connectivity index (χ4v) is 2.29. The zero-order valence-corrected chi connectivity index (χ0v) is 10.8. The summed E-state index contributed by atoms with van der Waals surface area (Å²) in [5, 5.41) is 0. The van der Waals surface area contributed by atoms with Gasteiger partial charge in [-0.15, -0.1) is 11.8 Å².